The Kier molecular flexibility index (Phi) is 4.82. The van der Waals surface area contributed by atoms with Crippen molar-refractivity contribution in [1.29, 1.82) is 0 Å². The molecule has 0 unspecified atom stereocenters. The molecule has 0 aliphatic carbocycles. The molecule has 1 aromatic rings. The van der Waals surface area contributed by atoms with Crippen LogP contribution in [0.4, 0.5) is 0 Å². The molecule has 5 nitrogen and oxygen atoms in total. The molecule has 0 bridgehead atoms. The number of carbonyl (C=O) groups is 1. The molecule has 0 saturated carbocycles. The Labute approximate surface area is 126 Å². The number of aromatic carboxylic acids is 1. The minimum Gasteiger partial charge on any atom is -0.478 e. The third-order valence-corrected chi connectivity index (χ3v) is 5.61. The van der Waals surface area contributed by atoms with Gasteiger partial charge in [-0.1, -0.05) is 15.9 Å². The first-order valence-electron chi connectivity index (χ1n) is 6.38. The molecule has 1 aliphatic heterocycles. The van der Waals surface area contributed by atoms with Crippen molar-refractivity contribution in [1.82, 2.24) is 4.90 Å². The monoisotopic (exact) mass is 361 g/mol. The zero-order valence-corrected chi connectivity index (χ0v) is 13.3. The smallest absolute Gasteiger partial charge is 0.337 e. The number of benzene rings is 1. The van der Waals surface area contributed by atoms with Crippen molar-refractivity contribution in [2.24, 2.45) is 0 Å². The summed E-state index contributed by atoms with van der Waals surface area (Å²) in [6.45, 7) is 2.29. The van der Waals surface area contributed by atoms with E-state index in [0.29, 0.717) is 11.0 Å². The Morgan fingerprint density at radius 2 is 1.95 bits per heavy atom. The summed E-state index contributed by atoms with van der Waals surface area (Å²) in [6, 6.07) is 4.21. The van der Waals surface area contributed by atoms with Crippen molar-refractivity contribution in [2.45, 2.75) is 17.7 Å². The molecule has 1 aliphatic rings. The zero-order chi connectivity index (χ0) is 14.8. The van der Waals surface area contributed by atoms with Gasteiger partial charge in [-0.3, -0.25) is 0 Å². The van der Waals surface area contributed by atoms with Gasteiger partial charge in [0.2, 0.25) is 0 Å². The number of hydrogen-bond donors (Lipinski definition) is 1. The standard InChI is InChI=1S/C13H16BrNO4S/c14-10-3-4-11(13(16)17)12(9-10)20(18,19)8-7-15-5-1-2-6-15/h3-4,9H,1-2,5-8H2,(H,16,17). The predicted octanol–water partition coefficient (Wildman–Crippen LogP) is 2.02. The molecule has 0 spiro atoms. The van der Waals surface area contributed by atoms with Crippen LogP contribution in [-0.4, -0.2) is 49.8 Å². The summed E-state index contributed by atoms with van der Waals surface area (Å²) < 4.78 is 25.3. The number of sulfone groups is 1. The lowest BCUT2D eigenvalue weighted by atomic mass is 10.2. The van der Waals surface area contributed by atoms with Gasteiger partial charge in [0.25, 0.3) is 0 Å². The zero-order valence-electron chi connectivity index (χ0n) is 10.9. The van der Waals surface area contributed by atoms with Gasteiger partial charge < -0.3 is 10.0 Å². The Hall–Kier alpha value is -0.920. The van der Waals surface area contributed by atoms with Crippen LogP contribution < -0.4 is 0 Å². The third kappa shape index (κ3) is 3.59. The topological polar surface area (TPSA) is 74.7 Å². The van der Waals surface area contributed by atoms with Crippen molar-refractivity contribution in [3.05, 3.63) is 28.2 Å². The van der Waals surface area contributed by atoms with Gasteiger partial charge >= 0.3 is 5.97 Å². The molecule has 0 aromatic heterocycles. The Morgan fingerprint density at radius 1 is 1.30 bits per heavy atom. The van der Waals surface area contributed by atoms with E-state index >= 15 is 0 Å². The van der Waals surface area contributed by atoms with E-state index in [9.17, 15) is 13.2 Å². The van der Waals surface area contributed by atoms with Crippen LogP contribution in [-0.2, 0) is 9.84 Å². The summed E-state index contributed by atoms with van der Waals surface area (Å²) in [6.07, 6.45) is 2.19. The van der Waals surface area contributed by atoms with E-state index < -0.39 is 15.8 Å². The minimum atomic E-state index is -3.60. The molecule has 0 radical (unpaired) electrons. The molecule has 0 amide bonds. The van der Waals surface area contributed by atoms with Crippen molar-refractivity contribution in [3.63, 3.8) is 0 Å². The van der Waals surface area contributed by atoms with Crippen LogP contribution in [0.5, 0.6) is 0 Å². The van der Waals surface area contributed by atoms with Crippen molar-refractivity contribution < 1.29 is 18.3 Å². The highest BCUT2D eigenvalue weighted by Gasteiger charge is 2.24. The summed E-state index contributed by atoms with van der Waals surface area (Å²) in [7, 11) is -3.60. The molecule has 1 aromatic carbocycles. The number of carboxylic acids is 1. The number of nitrogens with zero attached hydrogens (tertiary/aromatic N) is 1. The van der Waals surface area contributed by atoms with Gasteiger partial charge in [0.1, 0.15) is 0 Å². The maximum atomic E-state index is 12.4. The lowest BCUT2D eigenvalue weighted by Crippen LogP contribution is -2.27. The summed E-state index contributed by atoms with van der Waals surface area (Å²) >= 11 is 3.19. The van der Waals surface area contributed by atoms with E-state index in [-0.39, 0.29) is 16.2 Å². The highest BCUT2D eigenvalue weighted by atomic mass is 79.9. The van der Waals surface area contributed by atoms with E-state index in [1.54, 1.807) is 0 Å². The minimum absolute atomic E-state index is 0.0519. The van der Waals surface area contributed by atoms with Crippen LogP contribution >= 0.6 is 15.9 Å². The first kappa shape index (κ1) is 15.5. The van der Waals surface area contributed by atoms with Gasteiger partial charge in [-0.15, -0.1) is 0 Å². The molecule has 110 valence electrons. The molecule has 0 atom stereocenters. The van der Waals surface area contributed by atoms with E-state index in [2.05, 4.69) is 20.8 Å². The summed E-state index contributed by atoms with van der Waals surface area (Å²) in [5.41, 5.74) is -0.172. The Morgan fingerprint density at radius 3 is 2.55 bits per heavy atom. The summed E-state index contributed by atoms with van der Waals surface area (Å²) in [5.74, 6) is -1.28. The molecule has 1 saturated heterocycles. The normalized spacial score (nSPS) is 16.4. The number of halogens is 1. The second kappa shape index (κ2) is 6.24. The largest absolute Gasteiger partial charge is 0.478 e. The average molecular weight is 362 g/mol. The summed E-state index contributed by atoms with van der Waals surface area (Å²) in [5, 5.41) is 9.11. The maximum absolute atomic E-state index is 12.4. The SMILES string of the molecule is O=C(O)c1ccc(Br)cc1S(=O)(=O)CCN1CCCC1. The highest BCUT2D eigenvalue weighted by molar-refractivity contribution is 9.10. The van der Waals surface area contributed by atoms with Gasteiger partial charge in [0.15, 0.2) is 9.84 Å². The third-order valence-electron chi connectivity index (χ3n) is 3.38. The van der Waals surface area contributed by atoms with E-state index in [4.69, 9.17) is 5.11 Å². The molecule has 2 rings (SSSR count). The molecule has 1 N–H and O–H groups in total. The second-order valence-corrected chi connectivity index (χ2v) is 7.81. The van der Waals surface area contributed by atoms with Gasteiger partial charge in [0, 0.05) is 11.0 Å². The van der Waals surface area contributed by atoms with Gasteiger partial charge in [-0.05, 0) is 44.1 Å². The molecular weight excluding hydrogens is 346 g/mol. The van der Waals surface area contributed by atoms with Gasteiger partial charge in [0.05, 0.1) is 16.2 Å². The number of likely N-dealkylation sites (tertiary alicyclic amines) is 1. The fraction of sp³-hybridized carbons (Fsp3) is 0.462. The van der Waals surface area contributed by atoms with Crippen LogP contribution in [0, 0.1) is 0 Å². The van der Waals surface area contributed by atoms with E-state index in [1.165, 1.54) is 18.2 Å². The maximum Gasteiger partial charge on any atom is 0.337 e. The number of hydrogen-bond acceptors (Lipinski definition) is 4. The Balaban J connectivity index is 2.23. The van der Waals surface area contributed by atoms with Crippen molar-refractivity contribution in [3.8, 4) is 0 Å². The summed E-state index contributed by atoms with van der Waals surface area (Å²) in [4.78, 5) is 13.1. The Bertz CT molecular complexity index is 609. The van der Waals surface area contributed by atoms with Crippen LogP contribution in [0.25, 0.3) is 0 Å². The molecule has 1 heterocycles. The number of carboxylic acid groups (broad SMARTS) is 1. The fourth-order valence-corrected chi connectivity index (χ4v) is 4.32. The van der Waals surface area contributed by atoms with Gasteiger partial charge in [-0.25, -0.2) is 13.2 Å². The van der Waals surface area contributed by atoms with E-state index in [0.717, 1.165) is 25.9 Å². The molecule has 1 fully saturated rings. The lowest BCUT2D eigenvalue weighted by molar-refractivity contribution is 0.0692. The van der Waals surface area contributed by atoms with Crippen LogP contribution in [0.2, 0.25) is 0 Å². The quantitative estimate of drug-likeness (QED) is 0.868. The van der Waals surface area contributed by atoms with Crippen LogP contribution in [0.1, 0.15) is 23.2 Å². The average Bonchev–Trinajstić information content (AvgIpc) is 2.89. The lowest BCUT2D eigenvalue weighted by Gasteiger charge is -2.15. The van der Waals surface area contributed by atoms with Crippen molar-refractivity contribution >= 4 is 31.7 Å². The van der Waals surface area contributed by atoms with E-state index in [1.807, 2.05) is 0 Å². The first-order chi connectivity index (χ1) is 9.40. The van der Waals surface area contributed by atoms with Crippen molar-refractivity contribution in [2.75, 3.05) is 25.4 Å². The predicted molar refractivity (Wildman–Crippen MR) is 78.8 cm³/mol. The fourth-order valence-electron chi connectivity index (χ4n) is 2.30. The molecule has 7 heteroatoms. The molecular formula is C13H16BrNO4S. The molecule has 20 heavy (non-hydrogen) atoms. The highest BCUT2D eigenvalue weighted by Crippen LogP contribution is 2.23. The van der Waals surface area contributed by atoms with Crippen LogP contribution in [0.3, 0.4) is 0 Å². The second-order valence-electron chi connectivity index (χ2n) is 4.81. The first-order valence-corrected chi connectivity index (χ1v) is 8.82. The van der Waals surface area contributed by atoms with Gasteiger partial charge in [-0.2, -0.15) is 0 Å². The van der Waals surface area contributed by atoms with Crippen LogP contribution in [0.15, 0.2) is 27.6 Å². The number of rotatable bonds is 5.